The topological polar surface area (TPSA) is 49.9 Å². The second-order valence-corrected chi connectivity index (χ2v) is 7.64. The molecule has 0 bridgehead atoms. The molecule has 1 aliphatic heterocycles. The van der Waals surface area contributed by atoms with Gasteiger partial charge in [0.1, 0.15) is 5.75 Å². The first-order chi connectivity index (χ1) is 14.8. The molecule has 2 aromatic carbocycles. The molecule has 0 unspecified atom stereocenters. The van der Waals surface area contributed by atoms with Crippen LogP contribution < -0.4 is 4.74 Å². The average Bonchev–Trinajstić information content (AvgIpc) is 2.77. The highest BCUT2D eigenvalue weighted by molar-refractivity contribution is 5.95. The van der Waals surface area contributed by atoms with Crippen molar-refractivity contribution in [3.05, 3.63) is 71.3 Å². The fourth-order valence-electron chi connectivity index (χ4n) is 3.41. The number of alkyl halides is 2. The van der Waals surface area contributed by atoms with Gasteiger partial charge in [-0.1, -0.05) is 44.2 Å². The fraction of sp³-hybridized carbons (Fsp3) is 0.333. The molecule has 0 atom stereocenters. The SMILES string of the molecule is CC(C)c1ccc(C(=O)N2CCN(C(=O)/C=C/c3ccccc3OC(F)F)CC2)cc1. The molecule has 0 spiro atoms. The van der Waals surface area contributed by atoms with E-state index in [2.05, 4.69) is 18.6 Å². The Balaban J connectivity index is 1.56. The van der Waals surface area contributed by atoms with Crippen molar-refractivity contribution < 1.29 is 23.1 Å². The Hall–Kier alpha value is -3.22. The Bertz CT molecular complexity index is 934. The summed E-state index contributed by atoms with van der Waals surface area (Å²) in [5, 5.41) is 0. The second-order valence-electron chi connectivity index (χ2n) is 7.64. The molecule has 0 saturated carbocycles. The molecular weight excluding hydrogens is 402 g/mol. The van der Waals surface area contributed by atoms with Crippen molar-refractivity contribution in [1.82, 2.24) is 9.80 Å². The molecule has 7 heteroatoms. The highest BCUT2D eigenvalue weighted by Crippen LogP contribution is 2.22. The van der Waals surface area contributed by atoms with Crippen LogP contribution in [0.4, 0.5) is 8.78 Å². The minimum atomic E-state index is -2.93. The number of carbonyl (C=O) groups excluding carboxylic acids is 2. The smallest absolute Gasteiger partial charge is 0.387 e. The average molecular weight is 428 g/mol. The number of piperazine rings is 1. The number of benzene rings is 2. The number of carbonyl (C=O) groups is 2. The molecule has 0 N–H and O–H groups in total. The number of hydrogen-bond donors (Lipinski definition) is 0. The van der Waals surface area contributed by atoms with E-state index in [9.17, 15) is 18.4 Å². The molecule has 2 aromatic rings. The number of halogens is 2. The maximum absolute atomic E-state index is 12.7. The molecule has 164 valence electrons. The van der Waals surface area contributed by atoms with Crippen molar-refractivity contribution in [1.29, 1.82) is 0 Å². The van der Waals surface area contributed by atoms with Gasteiger partial charge in [-0.2, -0.15) is 8.78 Å². The van der Waals surface area contributed by atoms with E-state index in [1.165, 1.54) is 23.8 Å². The van der Waals surface area contributed by atoms with Crippen molar-refractivity contribution in [2.75, 3.05) is 26.2 Å². The van der Waals surface area contributed by atoms with Crippen LogP contribution in [0.25, 0.3) is 6.08 Å². The molecule has 0 aromatic heterocycles. The maximum atomic E-state index is 12.7. The molecule has 1 heterocycles. The van der Waals surface area contributed by atoms with Crippen LogP contribution in [0.3, 0.4) is 0 Å². The molecular formula is C24H26F2N2O3. The van der Waals surface area contributed by atoms with E-state index in [-0.39, 0.29) is 17.6 Å². The lowest BCUT2D eigenvalue weighted by atomic mass is 10.0. The third-order valence-corrected chi connectivity index (χ3v) is 5.24. The summed E-state index contributed by atoms with van der Waals surface area (Å²) in [5.41, 5.74) is 2.22. The number of nitrogens with zero attached hydrogens (tertiary/aromatic N) is 2. The van der Waals surface area contributed by atoms with Crippen molar-refractivity contribution in [2.45, 2.75) is 26.4 Å². The second kappa shape index (κ2) is 10.2. The third kappa shape index (κ3) is 5.90. The van der Waals surface area contributed by atoms with E-state index >= 15 is 0 Å². The summed E-state index contributed by atoms with van der Waals surface area (Å²) in [6, 6.07) is 13.9. The number of ether oxygens (including phenoxy) is 1. The Morgan fingerprint density at radius 2 is 1.55 bits per heavy atom. The Morgan fingerprint density at radius 1 is 0.935 bits per heavy atom. The zero-order chi connectivity index (χ0) is 22.4. The summed E-state index contributed by atoms with van der Waals surface area (Å²) in [6.45, 7) is 2.97. The van der Waals surface area contributed by atoms with E-state index in [1.54, 1.807) is 28.0 Å². The molecule has 0 radical (unpaired) electrons. The molecule has 1 saturated heterocycles. The van der Waals surface area contributed by atoms with Crippen LogP contribution in [0, 0.1) is 0 Å². The number of para-hydroxylation sites is 1. The van der Waals surface area contributed by atoms with Crippen LogP contribution in [0.2, 0.25) is 0 Å². The van der Waals surface area contributed by atoms with Crippen LogP contribution >= 0.6 is 0 Å². The van der Waals surface area contributed by atoms with Gasteiger partial charge in [0, 0.05) is 43.4 Å². The van der Waals surface area contributed by atoms with Crippen LogP contribution in [0.15, 0.2) is 54.6 Å². The summed E-state index contributed by atoms with van der Waals surface area (Å²) in [7, 11) is 0. The van der Waals surface area contributed by atoms with Gasteiger partial charge < -0.3 is 14.5 Å². The van der Waals surface area contributed by atoms with Crippen LogP contribution in [0.1, 0.15) is 41.3 Å². The summed E-state index contributed by atoms with van der Waals surface area (Å²) in [6.07, 6.45) is 2.81. The van der Waals surface area contributed by atoms with E-state index in [0.717, 1.165) is 0 Å². The largest absolute Gasteiger partial charge is 0.434 e. The summed E-state index contributed by atoms with van der Waals surface area (Å²) < 4.78 is 29.5. The number of rotatable bonds is 6. The minimum Gasteiger partial charge on any atom is -0.434 e. The van der Waals surface area contributed by atoms with Gasteiger partial charge in [0.15, 0.2) is 0 Å². The fourth-order valence-corrected chi connectivity index (χ4v) is 3.41. The zero-order valence-corrected chi connectivity index (χ0v) is 17.6. The molecule has 3 rings (SSSR count). The summed E-state index contributed by atoms with van der Waals surface area (Å²) >= 11 is 0. The van der Waals surface area contributed by atoms with Crippen LogP contribution in [-0.2, 0) is 4.79 Å². The Morgan fingerprint density at radius 3 is 2.16 bits per heavy atom. The van der Waals surface area contributed by atoms with Gasteiger partial charge in [-0.3, -0.25) is 9.59 Å². The quantitative estimate of drug-likeness (QED) is 0.641. The monoisotopic (exact) mass is 428 g/mol. The molecule has 2 amide bonds. The zero-order valence-electron chi connectivity index (χ0n) is 17.6. The Kier molecular flexibility index (Phi) is 7.39. The summed E-state index contributed by atoms with van der Waals surface area (Å²) in [5.74, 6) is 0.136. The van der Waals surface area contributed by atoms with Crippen LogP contribution in [-0.4, -0.2) is 54.4 Å². The van der Waals surface area contributed by atoms with Crippen molar-refractivity contribution in [2.24, 2.45) is 0 Å². The molecule has 1 aliphatic rings. The van der Waals surface area contributed by atoms with E-state index in [1.807, 2.05) is 24.3 Å². The lowest BCUT2D eigenvalue weighted by molar-refractivity contribution is -0.127. The first-order valence-electron chi connectivity index (χ1n) is 10.2. The van der Waals surface area contributed by atoms with E-state index in [0.29, 0.717) is 43.2 Å². The molecule has 1 fully saturated rings. The molecule has 0 aliphatic carbocycles. The van der Waals surface area contributed by atoms with Gasteiger partial charge in [-0.25, -0.2) is 0 Å². The highest BCUT2D eigenvalue weighted by Gasteiger charge is 2.24. The van der Waals surface area contributed by atoms with Gasteiger partial charge in [-0.05, 0) is 35.8 Å². The van der Waals surface area contributed by atoms with Gasteiger partial charge >= 0.3 is 6.61 Å². The van der Waals surface area contributed by atoms with Gasteiger partial charge in [0.2, 0.25) is 5.91 Å². The highest BCUT2D eigenvalue weighted by atomic mass is 19.3. The van der Waals surface area contributed by atoms with Gasteiger partial charge in [0.05, 0.1) is 0 Å². The first kappa shape index (κ1) is 22.5. The summed E-state index contributed by atoms with van der Waals surface area (Å²) in [4.78, 5) is 28.6. The molecule has 5 nitrogen and oxygen atoms in total. The molecule has 31 heavy (non-hydrogen) atoms. The number of hydrogen-bond acceptors (Lipinski definition) is 3. The van der Waals surface area contributed by atoms with Gasteiger partial charge in [0.25, 0.3) is 5.91 Å². The lowest BCUT2D eigenvalue weighted by Crippen LogP contribution is -2.50. The van der Waals surface area contributed by atoms with Crippen molar-refractivity contribution in [3.8, 4) is 5.75 Å². The first-order valence-corrected chi connectivity index (χ1v) is 10.2. The van der Waals surface area contributed by atoms with Crippen molar-refractivity contribution >= 4 is 17.9 Å². The van der Waals surface area contributed by atoms with Crippen LogP contribution in [0.5, 0.6) is 5.75 Å². The maximum Gasteiger partial charge on any atom is 0.387 e. The van der Waals surface area contributed by atoms with Crippen molar-refractivity contribution in [3.63, 3.8) is 0 Å². The number of amides is 2. The normalized spacial score (nSPS) is 14.5. The predicted molar refractivity (Wildman–Crippen MR) is 115 cm³/mol. The lowest BCUT2D eigenvalue weighted by Gasteiger charge is -2.34. The Labute approximate surface area is 180 Å². The predicted octanol–water partition coefficient (Wildman–Crippen LogP) is 4.41. The van der Waals surface area contributed by atoms with E-state index < -0.39 is 6.61 Å². The minimum absolute atomic E-state index is 0.0143. The van der Waals surface area contributed by atoms with Gasteiger partial charge in [-0.15, -0.1) is 0 Å². The third-order valence-electron chi connectivity index (χ3n) is 5.24. The standard InChI is InChI=1S/C24H26F2N2O3/c1-17(2)18-7-9-20(10-8-18)23(30)28-15-13-27(14-16-28)22(29)12-11-19-5-3-4-6-21(19)31-24(25)26/h3-12,17,24H,13-16H2,1-2H3/b12-11+. The van der Waals surface area contributed by atoms with E-state index in [4.69, 9.17) is 0 Å².